The zero-order valence-corrected chi connectivity index (χ0v) is 14.1. The second-order valence-electron chi connectivity index (χ2n) is 6.20. The molecule has 1 saturated carbocycles. The van der Waals surface area contributed by atoms with Gasteiger partial charge in [-0.05, 0) is 39.5 Å². The fourth-order valence-corrected chi connectivity index (χ4v) is 3.86. The van der Waals surface area contributed by atoms with Crippen LogP contribution in [0.4, 0.5) is 10.9 Å². The molecule has 1 fully saturated rings. The molecule has 0 aliphatic heterocycles. The number of aryl methyl sites for hydroxylation is 3. The van der Waals surface area contributed by atoms with E-state index in [9.17, 15) is 0 Å². The van der Waals surface area contributed by atoms with Crippen molar-refractivity contribution < 1.29 is 0 Å². The number of hydrogen-bond donors (Lipinski definition) is 1. The molecule has 1 aliphatic rings. The molecule has 0 unspecified atom stereocenters. The molecular weight excluding hydrogens is 296 g/mol. The highest BCUT2D eigenvalue weighted by atomic mass is 32.1. The number of hydrogen-bond acceptors (Lipinski definition) is 5. The molecule has 0 radical (unpaired) electrons. The summed E-state index contributed by atoms with van der Waals surface area (Å²) in [6.45, 7) is 6.36. The summed E-state index contributed by atoms with van der Waals surface area (Å²) in [7, 11) is 1.93. The first-order chi connectivity index (χ1) is 10.5. The van der Waals surface area contributed by atoms with E-state index in [-0.39, 0.29) is 0 Å². The molecule has 0 amide bonds. The molecule has 3 heterocycles. The Bertz CT molecular complexity index is 803. The number of nitrogens with zero attached hydrogens (tertiary/aromatic N) is 5. The number of rotatable bonds is 4. The van der Waals surface area contributed by atoms with Crippen LogP contribution in [0.1, 0.15) is 37.1 Å². The summed E-state index contributed by atoms with van der Waals surface area (Å²) in [5, 5.41) is 13.3. The lowest BCUT2D eigenvalue weighted by Gasteiger charge is -2.15. The zero-order valence-electron chi connectivity index (χ0n) is 13.3. The van der Waals surface area contributed by atoms with Gasteiger partial charge in [-0.2, -0.15) is 10.2 Å². The lowest BCUT2D eigenvalue weighted by Crippen LogP contribution is -2.12. The van der Waals surface area contributed by atoms with Gasteiger partial charge in [-0.3, -0.25) is 0 Å². The van der Waals surface area contributed by atoms with Crippen LogP contribution in [0.15, 0.2) is 6.20 Å². The number of thiazole rings is 1. The minimum atomic E-state index is 0.439. The van der Waals surface area contributed by atoms with Crippen molar-refractivity contribution in [2.75, 3.05) is 5.32 Å². The first-order valence-corrected chi connectivity index (χ1v) is 8.47. The molecule has 0 bridgehead atoms. The van der Waals surface area contributed by atoms with Crippen molar-refractivity contribution in [3.8, 4) is 0 Å². The third kappa shape index (κ3) is 2.11. The van der Waals surface area contributed by atoms with Crippen LogP contribution in [-0.2, 0) is 7.05 Å². The first-order valence-electron chi connectivity index (χ1n) is 7.66. The van der Waals surface area contributed by atoms with Crippen molar-refractivity contribution in [1.29, 1.82) is 0 Å². The van der Waals surface area contributed by atoms with E-state index in [0.29, 0.717) is 6.04 Å². The van der Waals surface area contributed by atoms with Gasteiger partial charge in [-0.15, -0.1) is 0 Å². The maximum Gasteiger partial charge on any atom is 0.191 e. The molecule has 1 aliphatic carbocycles. The maximum atomic E-state index is 4.68. The van der Waals surface area contributed by atoms with Crippen LogP contribution in [0.25, 0.3) is 10.3 Å². The molecule has 22 heavy (non-hydrogen) atoms. The largest absolute Gasteiger partial charge is 0.316 e. The molecule has 0 aromatic carbocycles. The summed E-state index contributed by atoms with van der Waals surface area (Å²) in [4.78, 5) is 4.68. The normalized spacial score (nSPS) is 16.4. The van der Waals surface area contributed by atoms with Gasteiger partial charge >= 0.3 is 0 Å². The quantitative estimate of drug-likeness (QED) is 0.799. The van der Waals surface area contributed by atoms with Gasteiger partial charge in [0, 0.05) is 12.6 Å². The lowest BCUT2D eigenvalue weighted by atomic mass is 10.2. The molecule has 0 saturated heterocycles. The van der Waals surface area contributed by atoms with Gasteiger partial charge in [0.25, 0.3) is 0 Å². The van der Waals surface area contributed by atoms with Crippen LogP contribution in [0.5, 0.6) is 0 Å². The minimum Gasteiger partial charge on any atom is -0.316 e. The van der Waals surface area contributed by atoms with Gasteiger partial charge in [0.15, 0.2) is 10.8 Å². The van der Waals surface area contributed by atoms with E-state index >= 15 is 0 Å². The highest BCUT2D eigenvalue weighted by molar-refractivity contribution is 7.22. The number of fused-ring (bicyclic) bond motifs is 1. The summed E-state index contributed by atoms with van der Waals surface area (Å²) in [5.41, 5.74) is 3.12. The fraction of sp³-hybridized carbons (Fsp3) is 0.533. The topological polar surface area (TPSA) is 60.6 Å². The molecule has 116 valence electrons. The van der Waals surface area contributed by atoms with Crippen molar-refractivity contribution in [2.45, 2.75) is 39.7 Å². The zero-order chi connectivity index (χ0) is 15.4. The molecule has 6 nitrogen and oxygen atoms in total. The molecule has 7 heteroatoms. The smallest absolute Gasteiger partial charge is 0.191 e. The van der Waals surface area contributed by atoms with Crippen LogP contribution >= 0.6 is 11.3 Å². The highest BCUT2D eigenvalue weighted by Crippen LogP contribution is 2.41. The standard InChI is InChI=1S/C15H20N6S/c1-8-7-16-21(10(3)11-5-6-11)13(8)17-15-18-14-12(22-15)9(2)19-20(14)4/h7,10-11H,5-6H2,1-4H3,(H,17,18)/t10-/m0/s1. The van der Waals surface area contributed by atoms with E-state index in [1.54, 1.807) is 11.3 Å². The summed E-state index contributed by atoms with van der Waals surface area (Å²) in [5.74, 6) is 1.82. The second-order valence-corrected chi connectivity index (χ2v) is 7.20. The monoisotopic (exact) mass is 316 g/mol. The van der Waals surface area contributed by atoms with Gasteiger partial charge in [0.05, 0.1) is 22.6 Å². The average Bonchev–Trinajstić information content (AvgIpc) is 3.08. The van der Waals surface area contributed by atoms with Crippen molar-refractivity contribution in [3.63, 3.8) is 0 Å². The summed E-state index contributed by atoms with van der Waals surface area (Å²) in [6, 6.07) is 0.439. The van der Waals surface area contributed by atoms with E-state index in [0.717, 1.165) is 38.5 Å². The van der Waals surface area contributed by atoms with E-state index in [4.69, 9.17) is 0 Å². The summed E-state index contributed by atoms with van der Waals surface area (Å²) < 4.78 is 5.09. The van der Waals surface area contributed by atoms with Gasteiger partial charge in [0.2, 0.25) is 0 Å². The average molecular weight is 316 g/mol. The first kappa shape index (κ1) is 13.8. The van der Waals surface area contributed by atoms with E-state index in [1.165, 1.54) is 12.8 Å². The predicted octanol–water partition coefficient (Wildman–Crippen LogP) is 3.56. The van der Waals surface area contributed by atoms with Crippen LogP contribution in [0.2, 0.25) is 0 Å². The van der Waals surface area contributed by atoms with Crippen molar-refractivity contribution >= 4 is 32.6 Å². The maximum absolute atomic E-state index is 4.68. The molecular formula is C15H20N6S. The van der Waals surface area contributed by atoms with Gasteiger partial charge in [-0.1, -0.05) is 11.3 Å². The SMILES string of the molecule is Cc1cnn([C@@H](C)C2CC2)c1Nc1nc2c(s1)c(C)nn2C. The third-order valence-electron chi connectivity index (χ3n) is 4.44. The highest BCUT2D eigenvalue weighted by Gasteiger charge is 2.31. The number of nitrogens with one attached hydrogen (secondary N) is 1. The third-order valence-corrected chi connectivity index (χ3v) is 5.51. The molecule has 3 aromatic heterocycles. The Morgan fingerprint density at radius 3 is 2.82 bits per heavy atom. The molecule has 3 aromatic rings. The van der Waals surface area contributed by atoms with Crippen LogP contribution in [0.3, 0.4) is 0 Å². The van der Waals surface area contributed by atoms with Crippen molar-refractivity contribution in [1.82, 2.24) is 24.5 Å². The lowest BCUT2D eigenvalue weighted by molar-refractivity contribution is 0.445. The Balaban J connectivity index is 1.69. The molecule has 1 atom stereocenters. The van der Waals surface area contributed by atoms with Crippen LogP contribution < -0.4 is 5.32 Å². The Hall–Kier alpha value is -1.89. The number of anilines is 2. The molecule has 1 N–H and O–H groups in total. The van der Waals surface area contributed by atoms with E-state index < -0.39 is 0 Å². The second kappa shape index (κ2) is 4.81. The van der Waals surface area contributed by atoms with Gasteiger partial charge in [0.1, 0.15) is 5.82 Å². The van der Waals surface area contributed by atoms with Crippen molar-refractivity contribution in [2.24, 2.45) is 13.0 Å². The Kier molecular flexibility index (Phi) is 3.00. The van der Waals surface area contributed by atoms with Crippen molar-refractivity contribution in [3.05, 3.63) is 17.5 Å². The summed E-state index contributed by atoms with van der Waals surface area (Å²) in [6.07, 6.45) is 4.55. The van der Waals surface area contributed by atoms with E-state index in [1.807, 2.05) is 24.9 Å². The summed E-state index contributed by atoms with van der Waals surface area (Å²) >= 11 is 1.65. The Morgan fingerprint density at radius 1 is 1.36 bits per heavy atom. The Labute approximate surface area is 133 Å². The Morgan fingerprint density at radius 2 is 2.14 bits per heavy atom. The predicted molar refractivity (Wildman–Crippen MR) is 88.8 cm³/mol. The number of aromatic nitrogens is 5. The minimum absolute atomic E-state index is 0.439. The molecule has 4 rings (SSSR count). The molecule has 0 spiro atoms. The van der Waals surface area contributed by atoms with Crippen LogP contribution in [0, 0.1) is 19.8 Å². The fourth-order valence-electron chi connectivity index (χ4n) is 2.93. The van der Waals surface area contributed by atoms with E-state index in [2.05, 4.69) is 39.0 Å². The van der Waals surface area contributed by atoms with Crippen LogP contribution in [-0.4, -0.2) is 24.5 Å². The van der Waals surface area contributed by atoms with Gasteiger partial charge in [-0.25, -0.2) is 14.3 Å². The van der Waals surface area contributed by atoms with Gasteiger partial charge < -0.3 is 5.32 Å².